The van der Waals surface area contributed by atoms with E-state index in [-0.39, 0.29) is 6.61 Å². The topological polar surface area (TPSA) is 134 Å². The molecule has 11 nitrogen and oxygen atoms in total. The number of hydrogen-bond donors (Lipinski definition) is 1. The summed E-state index contributed by atoms with van der Waals surface area (Å²) in [4.78, 5) is 18.1. The zero-order valence-corrected chi connectivity index (χ0v) is 23.2. The largest absolute Gasteiger partial charge is 0.388 e. The third kappa shape index (κ3) is 4.74. The van der Waals surface area contributed by atoms with Crippen LogP contribution in [-0.2, 0) is 15.1 Å². The van der Waals surface area contributed by atoms with E-state index in [0.717, 1.165) is 16.7 Å². The second-order valence-corrected chi connectivity index (χ2v) is 10.3. The maximum absolute atomic E-state index is 11.4. The number of ether oxygens (including phenoxy) is 2. The molecule has 5 aromatic rings. The normalized spacial score (nSPS) is 20.4. The highest BCUT2D eigenvalue weighted by atomic mass is 16.6. The molecular weight excluding hydrogens is 532 g/mol. The minimum Gasteiger partial charge on any atom is -0.388 e. The molecule has 4 atom stereocenters. The van der Waals surface area contributed by atoms with Gasteiger partial charge in [0.15, 0.2) is 23.2 Å². The van der Waals surface area contributed by atoms with Crippen molar-refractivity contribution in [1.82, 2.24) is 19.5 Å². The lowest BCUT2D eigenvalue weighted by atomic mass is 9.80. The molecule has 1 N–H and O–H groups in total. The number of aromatic nitrogens is 4. The van der Waals surface area contributed by atoms with Crippen molar-refractivity contribution in [3.8, 4) is 0 Å². The van der Waals surface area contributed by atoms with E-state index in [1.165, 1.54) is 6.33 Å². The van der Waals surface area contributed by atoms with Crippen LogP contribution in [0.25, 0.3) is 21.6 Å². The number of imidazole rings is 1. The molecule has 1 aliphatic heterocycles. The minimum atomic E-state index is -1.18. The second-order valence-electron chi connectivity index (χ2n) is 10.3. The highest BCUT2D eigenvalue weighted by molar-refractivity contribution is 5.83. The van der Waals surface area contributed by atoms with Gasteiger partial charge in [-0.3, -0.25) is 4.57 Å². The molecule has 3 heterocycles. The zero-order chi connectivity index (χ0) is 29.1. The molecule has 0 aliphatic carbocycles. The van der Waals surface area contributed by atoms with Crippen LogP contribution in [0.1, 0.15) is 22.9 Å². The molecule has 1 fully saturated rings. The number of rotatable bonds is 9. The number of aliphatic hydroxyl groups is 1. The molecule has 0 bridgehead atoms. The Morgan fingerprint density at radius 3 is 2.02 bits per heavy atom. The van der Waals surface area contributed by atoms with E-state index in [1.807, 2.05) is 110 Å². The van der Waals surface area contributed by atoms with Crippen molar-refractivity contribution < 1.29 is 14.6 Å². The van der Waals surface area contributed by atoms with E-state index >= 15 is 0 Å². The Morgan fingerprint density at radius 2 is 1.50 bits per heavy atom. The summed E-state index contributed by atoms with van der Waals surface area (Å²) >= 11 is 0. The van der Waals surface area contributed by atoms with Crippen molar-refractivity contribution in [2.75, 3.05) is 25.6 Å². The van der Waals surface area contributed by atoms with Crippen LogP contribution in [0.3, 0.4) is 0 Å². The van der Waals surface area contributed by atoms with Gasteiger partial charge in [-0.1, -0.05) is 96.1 Å². The summed E-state index contributed by atoms with van der Waals surface area (Å²) in [5.74, 6) is 0.635. The average molecular weight is 563 g/mol. The molecule has 2 aromatic heterocycles. The Balaban J connectivity index is 1.39. The number of benzene rings is 3. The van der Waals surface area contributed by atoms with E-state index < -0.39 is 30.1 Å². The maximum atomic E-state index is 11.4. The molecule has 1 saturated heterocycles. The molecule has 6 rings (SSSR count). The van der Waals surface area contributed by atoms with E-state index in [4.69, 9.17) is 9.47 Å². The van der Waals surface area contributed by atoms with Gasteiger partial charge in [0.1, 0.15) is 18.0 Å². The SMILES string of the molecule is CN(C)c1ncnc2c1ncn2[C@@H]1O[C@H](COC(c2ccccc2)(c2ccccc2)c2ccccc2)[C@@H](N=[N+]=[N-])[C@@H]1O. The highest BCUT2D eigenvalue weighted by Crippen LogP contribution is 2.42. The van der Waals surface area contributed by atoms with Gasteiger partial charge in [0.25, 0.3) is 0 Å². The van der Waals surface area contributed by atoms with Crippen molar-refractivity contribution in [3.63, 3.8) is 0 Å². The first-order valence-electron chi connectivity index (χ1n) is 13.6. The lowest BCUT2D eigenvalue weighted by Crippen LogP contribution is -2.39. The second kappa shape index (κ2) is 11.6. The van der Waals surface area contributed by atoms with Gasteiger partial charge in [-0.15, -0.1) is 0 Å². The number of fused-ring (bicyclic) bond motifs is 1. The predicted octanol–water partition coefficient (Wildman–Crippen LogP) is 4.84. The lowest BCUT2D eigenvalue weighted by Gasteiger charge is -2.37. The fourth-order valence-corrected chi connectivity index (χ4v) is 5.63. The Morgan fingerprint density at radius 1 is 0.929 bits per heavy atom. The zero-order valence-electron chi connectivity index (χ0n) is 23.2. The van der Waals surface area contributed by atoms with Crippen LogP contribution in [0.15, 0.2) is 109 Å². The number of hydrogen-bond acceptors (Lipinski definition) is 8. The molecule has 0 unspecified atom stereocenters. The fourth-order valence-electron chi connectivity index (χ4n) is 5.63. The first-order valence-corrected chi connectivity index (χ1v) is 13.6. The van der Waals surface area contributed by atoms with Gasteiger partial charge in [-0.05, 0) is 22.2 Å². The number of azide groups is 1. The Hall–Kier alpha value is -4.80. The molecule has 3 aromatic carbocycles. The van der Waals surface area contributed by atoms with Crippen molar-refractivity contribution in [2.24, 2.45) is 5.11 Å². The lowest BCUT2D eigenvalue weighted by molar-refractivity contribution is -0.0860. The molecule has 0 spiro atoms. The van der Waals surface area contributed by atoms with Crippen molar-refractivity contribution in [2.45, 2.75) is 30.1 Å². The van der Waals surface area contributed by atoms with E-state index in [1.54, 1.807) is 10.9 Å². The standard InChI is InChI=1S/C31H30N8O3/c1-38(2)28-26-29(34-19-33-28)39(20-35-26)30-27(40)25(36-37-32)24(42-30)18-41-31(21-12-6-3-7-13-21,22-14-8-4-9-15-22)23-16-10-5-11-17-23/h3-17,19-20,24-25,27,30,40H,18H2,1-2H3/t24-,25-,27+,30-/m1/s1. The molecule has 212 valence electrons. The molecule has 0 saturated carbocycles. The summed E-state index contributed by atoms with van der Waals surface area (Å²) < 4.78 is 15.0. The molecule has 0 radical (unpaired) electrons. The molecular formula is C31H30N8O3. The first kappa shape index (κ1) is 27.4. The highest BCUT2D eigenvalue weighted by Gasteiger charge is 2.47. The smallest absolute Gasteiger partial charge is 0.167 e. The summed E-state index contributed by atoms with van der Waals surface area (Å²) in [6, 6.07) is 29.0. The predicted molar refractivity (Wildman–Crippen MR) is 158 cm³/mol. The first-order chi connectivity index (χ1) is 20.5. The summed E-state index contributed by atoms with van der Waals surface area (Å²) in [6.07, 6.45) is 0.131. The van der Waals surface area contributed by atoms with Crippen LogP contribution in [0.5, 0.6) is 0 Å². The summed E-state index contributed by atoms with van der Waals surface area (Å²) in [5, 5.41) is 15.3. The summed E-state index contributed by atoms with van der Waals surface area (Å²) in [7, 11) is 3.73. The maximum Gasteiger partial charge on any atom is 0.167 e. The van der Waals surface area contributed by atoms with Gasteiger partial charge < -0.3 is 19.5 Å². The van der Waals surface area contributed by atoms with Gasteiger partial charge in [-0.2, -0.15) is 0 Å². The van der Waals surface area contributed by atoms with Gasteiger partial charge in [0.05, 0.1) is 25.1 Å². The van der Waals surface area contributed by atoms with Gasteiger partial charge in [0.2, 0.25) is 0 Å². The van der Waals surface area contributed by atoms with Crippen LogP contribution in [0.2, 0.25) is 0 Å². The van der Waals surface area contributed by atoms with Crippen LogP contribution < -0.4 is 4.90 Å². The fraction of sp³-hybridized carbons (Fsp3) is 0.258. The Labute approximate surface area is 242 Å². The molecule has 1 aliphatic rings. The van der Waals surface area contributed by atoms with Crippen molar-refractivity contribution >= 4 is 17.0 Å². The molecule has 11 heteroatoms. The van der Waals surface area contributed by atoms with Crippen molar-refractivity contribution in [1.29, 1.82) is 0 Å². The van der Waals surface area contributed by atoms with E-state index in [9.17, 15) is 10.6 Å². The number of anilines is 1. The Bertz CT molecular complexity index is 1590. The van der Waals surface area contributed by atoms with Gasteiger partial charge in [-0.25, -0.2) is 15.0 Å². The van der Waals surface area contributed by atoms with Crippen molar-refractivity contribution in [3.05, 3.63) is 131 Å². The minimum absolute atomic E-state index is 0.0144. The number of nitrogens with zero attached hydrogens (tertiary/aromatic N) is 8. The van der Waals surface area contributed by atoms with Crippen LogP contribution in [0.4, 0.5) is 5.82 Å². The molecule has 42 heavy (non-hydrogen) atoms. The Kier molecular flexibility index (Phi) is 7.56. The van der Waals surface area contributed by atoms with E-state index in [2.05, 4.69) is 25.0 Å². The summed E-state index contributed by atoms with van der Waals surface area (Å²) in [6.45, 7) is 0.0144. The van der Waals surface area contributed by atoms with Crippen LogP contribution in [-0.4, -0.2) is 63.6 Å². The van der Waals surface area contributed by atoms with E-state index in [0.29, 0.717) is 17.0 Å². The van der Waals surface area contributed by atoms with Crippen LogP contribution >= 0.6 is 0 Å². The quantitative estimate of drug-likeness (QED) is 0.118. The van der Waals surface area contributed by atoms with Gasteiger partial charge >= 0.3 is 0 Å². The summed E-state index contributed by atoms with van der Waals surface area (Å²) in [5.41, 5.74) is 12.2. The van der Waals surface area contributed by atoms with Gasteiger partial charge in [0, 0.05) is 19.0 Å². The third-order valence-corrected chi connectivity index (χ3v) is 7.56. The molecule has 0 amide bonds. The van der Waals surface area contributed by atoms with Crippen LogP contribution in [0, 0.1) is 0 Å². The third-order valence-electron chi connectivity index (χ3n) is 7.56. The monoisotopic (exact) mass is 562 g/mol. The average Bonchev–Trinajstić information content (AvgIpc) is 3.60. The number of aliphatic hydroxyl groups excluding tert-OH is 1.